The molecule has 1 fully saturated rings. The Hall–Kier alpha value is -1.63. The number of nitrogens with one attached hydrogen (secondary N) is 1. The molecule has 1 N–H and O–H groups in total. The van der Waals surface area contributed by atoms with Crippen molar-refractivity contribution in [2.24, 2.45) is 0 Å². The molecule has 7 heteroatoms. The summed E-state index contributed by atoms with van der Waals surface area (Å²) in [6.07, 6.45) is -3.20. The van der Waals surface area contributed by atoms with Crippen molar-refractivity contribution in [3.8, 4) is 0 Å². The summed E-state index contributed by atoms with van der Waals surface area (Å²) in [6.45, 7) is 1.51. The lowest BCUT2D eigenvalue weighted by Gasteiger charge is -2.30. The molecule has 0 aromatic heterocycles. The summed E-state index contributed by atoms with van der Waals surface area (Å²) in [4.78, 5) is 14.0. The number of likely N-dealkylation sites (N-methyl/N-ethyl adjacent to an activating group) is 1. The molecule has 116 valence electrons. The van der Waals surface area contributed by atoms with Crippen LogP contribution in [0.1, 0.15) is 28.8 Å². The maximum Gasteiger partial charge on any atom is 0.419 e. The number of likely N-dealkylation sites (tertiary alicyclic amines) is 1. The van der Waals surface area contributed by atoms with Gasteiger partial charge in [-0.3, -0.25) is 4.79 Å². The molecule has 0 aliphatic carbocycles. The van der Waals surface area contributed by atoms with E-state index in [1.165, 1.54) is 0 Å². The molecule has 21 heavy (non-hydrogen) atoms. The summed E-state index contributed by atoms with van der Waals surface area (Å²) in [7, 11) is 1.89. The highest BCUT2D eigenvalue weighted by Gasteiger charge is 2.36. The molecule has 0 radical (unpaired) electrons. The Kier molecular flexibility index (Phi) is 4.51. The quantitative estimate of drug-likeness (QED) is 0.852. The van der Waals surface area contributed by atoms with Crippen molar-refractivity contribution in [1.82, 2.24) is 10.2 Å². The van der Waals surface area contributed by atoms with Crippen LogP contribution in [-0.4, -0.2) is 37.0 Å². The molecule has 2 rings (SSSR count). The Morgan fingerprint density at radius 2 is 2.10 bits per heavy atom. The zero-order valence-corrected chi connectivity index (χ0v) is 11.5. The summed E-state index contributed by atoms with van der Waals surface area (Å²) < 4.78 is 51.7. The first-order chi connectivity index (χ1) is 9.79. The van der Waals surface area contributed by atoms with Crippen LogP contribution in [0.4, 0.5) is 17.6 Å². The van der Waals surface area contributed by atoms with Crippen LogP contribution in [0, 0.1) is 5.82 Å². The maximum atomic E-state index is 13.9. The van der Waals surface area contributed by atoms with E-state index in [2.05, 4.69) is 5.32 Å². The van der Waals surface area contributed by atoms with Crippen LogP contribution in [0.2, 0.25) is 0 Å². The lowest BCUT2D eigenvalue weighted by molar-refractivity contribution is -0.140. The number of benzene rings is 1. The molecule has 0 bridgehead atoms. The van der Waals surface area contributed by atoms with E-state index in [1.807, 2.05) is 11.9 Å². The van der Waals surface area contributed by atoms with Gasteiger partial charge in [0.2, 0.25) is 0 Å². The third kappa shape index (κ3) is 3.72. The molecule has 1 amide bonds. The second-order valence-electron chi connectivity index (χ2n) is 5.24. The van der Waals surface area contributed by atoms with Gasteiger partial charge in [0.15, 0.2) is 0 Å². The minimum Gasteiger partial charge on any atom is -0.348 e. The fourth-order valence-electron chi connectivity index (χ4n) is 2.47. The third-order valence-corrected chi connectivity index (χ3v) is 3.51. The zero-order chi connectivity index (χ0) is 15.6. The maximum absolute atomic E-state index is 13.9. The largest absolute Gasteiger partial charge is 0.419 e. The molecule has 1 aliphatic heterocycles. The van der Waals surface area contributed by atoms with Gasteiger partial charge in [-0.15, -0.1) is 0 Å². The van der Waals surface area contributed by atoms with Gasteiger partial charge in [0.25, 0.3) is 5.91 Å². The molecule has 1 atom stereocenters. The number of alkyl halides is 3. The molecule has 1 unspecified atom stereocenters. The van der Waals surface area contributed by atoms with Gasteiger partial charge in [0.1, 0.15) is 5.82 Å². The van der Waals surface area contributed by atoms with Crippen LogP contribution in [0.3, 0.4) is 0 Å². The predicted octanol–water partition coefficient (Wildman–Crippen LogP) is 2.67. The number of carbonyl (C=O) groups excluding carboxylic acids is 1. The van der Waals surface area contributed by atoms with Gasteiger partial charge in [-0.2, -0.15) is 13.2 Å². The highest BCUT2D eigenvalue weighted by Crippen LogP contribution is 2.32. The fourth-order valence-corrected chi connectivity index (χ4v) is 2.47. The molecule has 1 aliphatic rings. The zero-order valence-electron chi connectivity index (χ0n) is 11.5. The van der Waals surface area contributed by atoms with Crippen LogP contribution in [0.15, 0.2) is 18.2 Å². The molecule has 1 heterocycles. The van der Waals surface area contributed by atoms with Gasteiger partial charge >= 0.3 is 6.18 Å². The van der Waals surface area contributed by atoms with Crippen molar-refractivity contribution in [2.45, 2.75) is 25.1 Å². The molecule has 1 aromatic carbocycles. The number of hydrogen-bond acceptors (Lipinski definition) is 2. The number of piperidine rings is 1. The molecular formula is C14H16F4N2O. The Balaban J connectivity index is 2.16. The summed E-state index contributed by atoms with van der Waals surface area (Å²) in [5.74, 6) is -2.33. The van der Waals surface area contributed by atoms with Crippen LogP contribution in [-0.2, 0) is 6.18 Å². The van der Waals surface area contributed by atoms with Gasteiger partial charge in [-0.1, -0.05) is 6.07 Å². The minimum atomic E-state index is -4.81. The smallest absolute Gasteiger partial charge is 0.348 e. The predicted molar refractivity (Wildman–Crippen MR) is 69.4 cm³/mol. The normalized spacial score (nSPS) is 20.3. The summed E-state index contributed by atoms with van der Waals surface area (Å²) in [5.41, 5.74) is -1.99. The number of rotatable bonds is 2. The summed E-state index contributed by atoms with van der Waals surface area (Å²) >= 11 is 0. The average Bonchev–Trinajstić information content (AvgIpc) is 2.37. The molecule has 3 nitrogen and oxygen atoms in total. The third-order valence-electron chi connectivity index (χ3n) is 3.51. The summed E-state index contributed by atoms with van der Waals surface area (Å²) in [6, 6.07) is 2.55. The Labute approximate surface area is 119 Å². The van der Waals surface area contributed by atoms with E-state index >= 15 is 0 Å². The number of carbonyl (C=O) groups is 1. The highest BCUT2D eigenvalue weighted by atomic mass is 19.4. The lowest BCUT2D eigenvalue weighted by Crippen LogP contribution is -2.46. The Morgan fingerprint density at radius 1 is 1.38 bits per heavy atom. The molecule has 0 spiro atoms. The van der Waals surface area contributed by atoms with Crippen molar-refractivity contribution in [2.75, 3.05) is 20.1 Å². The Morgan fingerprint density at radius 3 is 2.71 bits per heavy atom. The standard InChI is InChI=1S/C14H16F4N2O/c1-20-7-3-4-9(8-20)19-13(21)10-5-2-6-11(12(10)15)14(16,17)18/h2,5-6,9H,3-4,7-8H2,1H3,(H,19,21). The molecule has 1 aromatic rings. The van der Waals surface area contributed by atoms with Crippen LogP contribution >= 0.6 is 0 Å². The first kappa shape index (κ1) is 15.8. The monoisotopic (exact) mass is 304 g/mol. The molecule has 0 saturated carbocycles. The van der Waals surface area contributed by atoms with Crippen molar-refractivity contribution >= 4 is 5.91 Å². The number of hydrogen-bond donors (Lipinski definition) is 1. The second-order valence-corrected chi connectivity index (χ2v) is 5.24. The van der Waals surface area contributed by atoms with Crippen molar-refractivity contribution in [3.63, 3.8) is 0 Å². The second kappa shape index (κ2) is 6.01. The number of amides is 1. The topological polar surface area (TPSA) is 32.3 Å². The van der Waals surface area contributed by atoms with Gasteiger partial charge in [0.05, 0.1) is 11.1 Å². The van der Waals surface area contributed by atoms with Gasteiger partial charge in [-0.05, 0) is 38.6 Å². The van der Waals surface area contributed by atoms with Crippen molar-refractivity contribution in [1.29, 1.82) is 0 Å². The van der Waals surface area contributed by atoms with Gasteiger partial charge < -0.3 is 10.2 Å². The van der Waals surface area contributed by atoms with E-state index in [0.717, 1.165) is 31.5 Å². The number of halogens is 4. The van der Waals surface area contributed by atoms with Crippen LogP contribution < -0.4 is 5.32 Å². The van der Waals surface area contributed by atoms with E-state index in [4.69, 9.17) is 0 Å². The molecule has 1 saturated heterocycles. The van der Waals surface area contributed by atoms with Crippen molar-refractivity contribution in [3.05, 3.63) is 35.1 Å². The van der Waals surface area contributed by atoms with Crippen molar-refractivity contribution < 1.29 is 22.4 Å². The first-order valence-corrected chi connectivity index (χ1v) is 6.64. The highest BCUT2D eigenvalue weighted by molar-refractivity contribution is 5.94. The van der Waals surface area contributed by atoms with E-state index in [-0.39, 0.29) is 6.04 Å². The average molecular weight is 304 g/mol. The van der Waals surface area contributed by atoms with E-state index in [1.54, 1.807) is 0 Å². The lowest BCUT2D eigenvalue weighted by atomic mass is 10.0. The Bertz CT molecular complexity index is 530. The van der Waals surface area contributed by atoms with E-state index < -0.39 is 29.0 Å². The van der Waals surface area contributed by atoms with E-state index in [0.29, 0.717) is 12.6 Å². The minimum absolute atomic E-state index is 0.176. The fraction of sp³-hybridized carbons (Fsp3) is 0.500. The van der Waals surface area contributed by atoms with E-state index in [9.17, 15) is 22.4 Å². The van der Waals surface area contributed by atoms with Crippen LogP contribution in [0.5, 0.6) is 0 Å². The SMILES string of the molecule is CN1CCCC(NC(=O)c2cccc(C(F)(F)F)c2F)C1. The molecular weight excluding hydrogens is 288 g/mol. The van der Waals surface area contributed by atoms with Gasteiger partial charge in [-0.25, -0.2) is 4.39 Å². The summed E-state index contributed by atoms with van der Waals surface area (Å²) in [5, 5.41) is 2.60. The first-order valence-electron chi connectivity index (χ1n) is 6.64. The van der Waals surface area contributed by atoms with Gasteiger partial charge in [0, 0.05) is 12.6 Å². The number of nitrogens with zero attached hydrogens (tertiary/aromatic N) is 1. The van der Waals surface area contributed by atoms with Crippen LogP contribution in [0.25, 0.3) is 0 Å².